The molecule has 92 valence electrons. The number of benzene rings is 1. The lowest BCUT2D eigenvalue weighted by atomic mass is 10.1. The van der Waals surface area contributed by atoms with E-state index in [2.05, 4.69) is 36.4 Å². The fourth-order valence-electron chi connectivity index (χ4n) is 1.65. The van der Waals surface area contributed by atoms with Crippen molar-refractivity contribution in [2.75, 3.05) is 32.6 Å². The lowest BCUT2D eigenvalue weighted by Gasteiger charge is -2.20. The first-order chi connectivity index (χ1) is 6.75. The van der Waals surface area contributed by atoms with E-state index in [1.807, 2.05) is 6.07 Å². The van der Waals surface area contributed by atoms with Crippen molar-refractivity contribution < 1.29 is 4.74 Å². The van der Waals surface area contributed by atoms with Crippen LogP contribution in [0.4, 0.5) is 5.69 Å². The van der Waals surface area contributed by atoms with E-state index in [0.717, 1.165) is 31.1 Å². The van der Waals surface area contributed by atoms with Crippen LogP contribution in [0.5, 0.6) is 5.75 Å². The first kappa shape index (κ1) is 15.4. The molecule has 0 bridgehead atoms. The van der Waals surface area contributed by atoms with E-state index < -0.39 is 0 Å². The zero-order chi connectivity index (χ0) is 9.97. The van der Waals surface area contributed by atoms with Crippen LogP contribution in [-0.4, -0.2) is 32.1 Å². The van der Waals surface area contributed by atoms with Crippen molar-refractivity contribution in [2.24, 2.45) is 0 Å². The monoisotopic (exact) mass is 264 g/mol. The fraction of sp³-hybridized carbons (Fsp3) is 0.455. The number of rotatable bonds is 2. The van der Waals surface area contributed by atoms with Gasteiger partial charge in [-0.15, -0.1) is 24.8 Å². The molecule has 0 atom stereocenters. The quantitative estimate of drug-likeness (QED) is 0.888. The summed E-state index contributed by atoms with van der Waals surface area (Å²) in [7, 11) is 4.15. The van der Waals surface area contributed by atoms with E-state index in [1.165, 1.54) is 5.56 Å². The minimum Gasteiger partial charge on any atom is -0.490 e. The van der Waals surface area contributed by atoms with Crippen LogP contribution in [-0.2, 0) is 6.54 Å². The predicted octanol–water partition coefficient (Wildman–Crippen LogP) is 2.40. The molecule has 0 spiro atoms. The maximum Gasteiger partial charge on any atom is 0.142 e. The third-order valence-electron chi connectivity index (χ3n) is 2.22. The Balaban J connectivity index is 0.00000112. The van der Waals surface area contributed by atoms with Crippen molar-refractivity contribution in [1.82, 2.24) is 4.90 Å². The summed E-state index contributed by atoms with van der Waals surface area (Å²) >= 11 is 0. The summed E-state index contributed by atoms with van der Waals surface area (Å²) in [5.41, 5.74) is 2.43. The summed E-state index contributed by atoms with van der Waals surface area (Å²) in [6, 6.07) is 6.32. The molecule has 0 amide bonds. The molecule has 0 fully saturated rings. The minimum absolute atomic E-state index is 0. The van der Waals surface area contributed by atoms with Gasteiger partial charge in [-0.3, -0.25) is 0 Å². The van der Waals surface area contributed by atoms with Crippen LogP contribution in [0.2, 0.25) is 0 Å². The second-order valence-electron chi connectivity index (χ2n) is 3.84. The van der Waals surface area contributed by atoms with Gasteiger partial charge < -0.3 is 15.0 Å². The molecular weight excluding hydrogens is 247 g/mol. The molecule has 0 unspecified atom stereocenters. The van der Waals surface area contributed by atoms with Crippen molar-refractivity contribution >= 4 is 30.5 Å². The third-order valence-corrected chi connectivity index (χ3v) is 2.22. The molecule has 0 aliphatic carbocycles. The molecule has 3 nitrogen and oxygen atoms in total. The number of fused-ring (bicyclic) bond motifs is 1. The number of hydrogen-bond donors (Lipinski definition) is 1. The van der Waals surface area contributed by atoms with Crippen LogP contribution in [0.1, 0.15) is 5.56 Å². The standard InChI is InChI=1S/C11H16N2O.2ClH/c1-13(2)8-9-3-4-11-10(7-9)12-5-6-14-11;;/h3-4,7,12H,5-6,8H2,1-2H3;2*1H. The molecule has 16 heavy (non-hydrogen) atoms. The van der Waals surface area contributed by atoms with Gasteiger partial charge in [0.15, 0.2) is 0 Å². The summed E-state index contributed by atoms with van der Waals surface area (Å²) in [4.78, 5) is 2.16. The van der Waals surface area contributed by atoms with Crippen molar-refractivity contribution in [3.63, 3.8) is 0 Å². The van der Waals surface area contributed by atoms with Gasteiger partial charge in [0, 0.05) is 13.1 Å². The Bertz CT molecular complexity index is 332. The number of hydrogen-bond acceptors (Lipinski definition) is 3. The average Bonchev–Trinajstić information content (AvgIpc) is 2.17. The van der Waals surface area contributed by atoms with Crippen LogP contribution >= 0.6 is 24.8 Å². The molecule has 0 aromatic heterocycles. The molecule has 0 saturated heterocycles. The van der Waals surface area contributed by atoms with E-state index in [0.29, 0.717) is 0 Å². The molecule has 1 aromatic rings. The molecule has 1 aliphatic rings. The Kier molecular flexibility index (Phi) is 6.56. The molecule has 0 radical (unpaired) electrons. The van der Waals surface area contributed by atoms with Gasteiger partial charge in [0.1, 0.15) is 12.4 Å². The maximum absolute atomic E-state index is 5.51. The largest absolute Gasteiger partial charge is 0.490 e. The Hall–Kier alpha value is -0.640. The summed E-state index contributed by atoms with van der Waals surface area (Å²) in [6.07, 6.45) is 0. The number of ether oxygens (including phenoxy) is 1. The second kappa shape index (κ2) is 6.84. The van der Waals surface area contributed by atoms with Gasteiger partial charge in [0.05, 0.1) is 5.69 Å². The van der Waals surface area contributed by atoms with E-state index >= 15 is 0 Å². The van der Waals surface area contributed by atoms with E-state index in [-0.39, 0.29) is 24.8 Å². The fourth-order valence-corrected chi connectivity index (χ4v) is 1.65. The average molecular weight is 265 g/mol. The van der Waals surface area contributed by atoms with Gasteiger partial charge in [-0.25, -0.2) is 0 Å². The van der Waals surface area contributed by atoms with Gasteiger partial charge in [-0.05, 0) is 31.8 Å². The van der Waals surface area contributed by atoms with Crippen molar-refractivity contribution in [3.8, 4) is 5.75 Å². The van der Waals surface area contributed by atoms with Crippen LogP contribution in [0, 0.1) is 0 Å². The molecule has 2 rings (SSSR count). The van der Waals surface area contributed by atoms with E-state index in [9.17, 15) is 0 Å². The zero-order valence-corrected chi connectivity index (χ0v) is 11.2. The minimum atomic E-state index is 0. The second-order valence-corrected chi connectivity index (χ2v) is 3.84. The van der Waals surface area contributed by atoms with Gasteiger partial charge in [-0.2, -0.15) is 0 Å². The summed E-state index contributed by atoms with van der Waals surface area (Å²) in [6.45, 7) is 2.63. The molecule has 1 aromatic carbocycles. The lowest BCUT2D eigenvalue weighted by molar-refractivity contribution is 0.323. The number of anilines is 1. The van der Waals surface area contributed by atoms with E-state index in [1.54, 1.807) is 0 Å². The van der Waals surface area contributed by atoms with Gasteiger partial charge in [0.25, 0.3) is 0 Å². The number of halogens is 2. The normalized spacial score (nSPS) is 12.7. The Labute approximate surface area is 109 Å². The maximum atomic E-state index is 5.51. The Morgan fingerprint density at radius 2 is 2.06 bits per heavy atom. The Morgan fingerprint density at radius 1 is 1.31 bits per heavy atom. The van der Waals surface area contributed by atoms with Gasteiger partial charge in [0.2, 0.25) is 0 Å². The molecule has 1 aliphatic heterocycles. The van der Waals surface area contributed by atoms with Gasteiger partial charge >= 0.3 is 0 Å². The smallest absolute Gasteiger partial charge is 0.142 e. The first-order valence-electron chi connectivity index (χ1n) is 4.90. The van der Waals surface area contributed by atoms with Crippen molar-refractivity contribution in [3.05, 3.63) is 23.8 Å². The summed E-state index contributed by atoms with van der Waals surface area (Å²) in [5, 5.41) is 3.33. The topological polar surface area (TPSA) is 24.5 Å². The highest BCUT2D eigenvalue weighted by atomic mass is 35.5. The van der Waals surface area contributed by atoms with E-state index in [4.69, 9.17) is 4.74 Å². The SMILES string of the molecule is CN(C)Cc1ccc2c(c1)NCCO2.Cl.Cl. The number of nitrogens with zero attached hydrogens (tertiary/aromatic N) is 1. The lowest BCUT2D eigenvalue weighted by Crippen LogP contribution is -2.18. The van der Waals surface area contributed by atoms with Crippen molar-refractivity contribution in [2.45, 2.75) is 6.54 Å². The first-order valence-corrected chi connectivity index (χ1v) is 4.90. The third kappa shape index (κ3) is 3.74. The predicted molar refractivity (Wildman–Crippen MR) is 72.3 cm³/mol. The molecule has 5 heteroatoms. The van der Waals surface area contributed by atoms with Crippen LogP contribution in [0.3, 0.4) is 0 Å². The molecule has 0 saturated carbocycles. The highest BCUT2D eigenvalue weighted by Crippen LogP contribution is 2.28. The van der Waals surface area contributed by atoms with Crippen molar-refractivity contribution in [1.29, 1.82) is 0 Å². The molecule has 1 N–H and O–H groups in total. The number of nitrogens with one attached hydrogen (secondary N) is 1. The highest BCUT2D eigenvalue weighted by Gasteiger charge is 2.09. The van der Waals surface area contributed by atoms with Crippen LogP contribution in [0.25, 0.3) is 0 Å². The highest BCUT2D eigenvalue weighted by molar-refractivity contribution is 5.85. The summed E-state index contributed by atoms with van der Waals surface area (Å²) < 4.78 is 5.51. The summed E-state index contributed by atoms with van der Waals surface area (Å²) in [5.74, 6) is 0.971. The molecule has 1 heterocycles. The van der Waals surface area contributed by atoms with Gasteiger partial charge in [-0.1, -0.05) is 6.07 Å². The van der Waals surface area contributed by atoms with Crippen LogP contribution < -0.4 is 10.1 Å². The van der Waals surface area contributed by atoms with Crippen LogP contribution in [0.15, 0.2) is 18.2 Å². The molecular formula is C11H18Cl2N2O. The zero-order valence-electron chi connectivity index (χ0n) is 9.53. The Morgan fingerprint density at radius 3 is 2.75 bits per heavy atom.